The van der Waals surface area contributed by atoms with Crippen LogP contribution in [0.15, 0.2) is 23.5 Å². The molecule has 0 radical (unpaired) electrons. The fraction of sp³-hybridized carbons (Fsp3) is 0.571. The molecule has 6 heteroatoms. The van der Waals surface area contributed by atoms with Gasteiger partial charge in [0.15, 0.2) is 5.78 Å². The molecule has 4 unspecified atom stereocenters. The van der Waals surface area contributed by atoms with Gasteiger partial charge in [0, 0.05) is 18.2 Å². The van der Waals surface area contributed by atoms with Gasteiger partial charge in [-0.2, -0.15) is 0 Å². The van der Waals surface area contributed by atoms with Crippen molar-refractivity contribution in [2.45, 2.75) is 50.2 Å². The Morgan fingerprint density at radius 1 is 1.55 bits per heavy atom. The molecule has 2 heterocycles. The second-order valence-electron chi connectivity index (χ2n) is 5.75. The molecular weight excluding hydrogens is 324 g/mol. The van der Waals surface area contributed by atoms with E-state index in [-0.39, 0.29) is 22.6 Å². The van der Waals surface area contributed by atoms with Crippen LogP contribution in [0.25, 0.3) is 0 Å². The highest BCUT2D eigenvalue weighted by Crippen LogP contribution is 2.44. The summed E-state index contributed by atoms with van der Waals surface area (Å²) in [6.07, 6.45) is 2.05. The molecule has 2 aliphatic rings. The van der Waals surface area contributed by atoms with E-state index in [1.165, 1.54) is 12.2 Å². The standard InChI is InChI=1S/C14H19BrN2O3/c1-7(2)5-11(19)16-10-6-9(18)14(4)13(20)12(15)8(3)17(10)14/h5-6,8,12-13,20H,1-4H3,(H,16,19). The number of alkyl halides is 1. The maximum absolute atomic E-state index is 12.2. The van der Waals surface area contributed by atoms with E-state index < -0.39 is 11.6 Å². The van der Waals surface area contributed by atoms with Gasteiger partial charge in [0.25, 0.3) is 0 Å². The van der Waals surface area contributed by atoms with Gasteiger partial charge in [-0.15, -0.1) is 0 Å². The lowest BCUT2D eigenvalue weighted by Crippen LogP contribution is -2.52. The number of ketones is 1. The summed E-state index contributed by atoms with van der Waals surface area (Å²) in [5.41, 5.74) is -0.135. The van der Waals surface area contributed by atoms with Gasteiger partial charge in [0.1, 0.15) is 11.4 Å². The third-order valence-corrected chi connectivity index (χ3v) is 5.21. The highest BCUT2D eigenvalue weighted by molar-refractivity contribution is 9.09. The molecule has 2 N–H and O–H groups in total. The van der Waals surface area contributed by atoms with Crippen molar-refractivity contribution in [3.8, 4) is 0 Å². The summed E-state index contributed by atoms with van der Waals surface area (Å²) >= 11 is 3.43. The van der Waals surface area contributed by atoms with E-state index in [9.17, 15) is 14.7 Å². The van der Waals surface area contributed by atoms with Crippen molar-refractivity contribution in [3.63, 3.8) is 0 Å². The number of hydrogen-bond acceptors (Lipinski definition) is 4. The fourth-order valence-corrected chi connectivity index (χ4v) is 3.63. The number of nitrogens with zero attached hydrogens (tertiary/aromatic N) is 1. The molecule has 4 atom stereocenters. The van der Waals surface area contributed by atoms with E-state index in [1.54, 1.807) is 11.8 Å². The maximum Gasteiger partial charge on any atom is 0.249 e. The van der Waals surface area contributed by atoms with Gasteiger partial charge >= 0.3 is 0 Å². The highest BCUT2D eigenvalue weighted by Gasteiger charge is 2.60. The lowest BCUT2D eigenvalue weighted by atomic mass is 9.93. The molecule has 110 valence electrons. The molecule has 0 aromatic rings. The van der Waals surface area contributed by atoms with Gasteiger partial charge in [-0.1, -0.05) is 21.5 Å². The van der Waals surface area contributed by atoms with E-state index in [0.29, 0.717) is 5.82 Å². The average molecular weight is 343 g/mol. The minimum Gasteiger partial charge on any atom is -0.389 e. The van der Waals surface area contributed by atoms with E-state index in [0.717, 1.165) is 5.57 Å². The van der Waals surface area contributed by atoms with Crippen LogP contribution in [0.3, 0.4) is 0 Å². The SMILES string of the molecule is CC(C)=CC(=O)NC1=CC(=O)C2(C)C(O)C(Br)C(C)N12. The minimum absolute atomic E-state index is 0.0975. The van der Waals surface area contributed by atoms with Gasteiger partial charge in [0.05, 0.1) is 10.9 Å². The van der Waals surface area contributed by atoms with Gasteiger partial charge in [-0.25, -0.2) is 0 Å². The first kappa shape index (κ1) is 15.3. The number of aliphatic hydroxyl groups is 1. The van der Waals surface area contributed by atoms with Crippen LogP contribution in [0.4, 0.5) is 0 Å². The highest BCUT2D eigenvalue weighted by atomic mass is 79.9. The Bertz CT molecular complexity index is 525. The van der Waals surface area contributed by atoms with Gasteiger partial charge in [0.2, 0.25) is 5.91 Å². The number of fused-ring (bicyclic) bond motifs is 1. The largest absolute Gasteiger partial charge is 0.389 e. The van der Waals surface area contributed by atoms with Crippen LogP contribution >= 0.6 is 15.9 Å². The normalized spacial score (nSPS) is 35.7. The molecule has 0 aromatic carbocycles. The number of carbonyl (C=O) groups excluding carboxylic acids is 2. The zero-order chi connectivity index (χ0) is 15.2. The van der Waals surface area contributed by atoms with Crippen LogP contribution in [0.2, 0.25) is 0 Å². The molecule has 0 saturated carbocycles. The molecule has 2 rings (SSSR count). The third kappa shape index (κ3) is 2.11. The Balaban J connectivity index is 2.30. The smallest absolute Gasteiger partial charge is 0.249 e. The summed E-state index contributed by atoms with van der Waals surface area (Å²) < 4.78 is 0. The quantitative estimate of drug-likeness (QED) is 0.582. The Morgan fingerprint density at radius 3 is 2.70 bits per heavy atom. The first-order valence-corrected chi connectivity index (χ1v) is 7.44. The molecule has 1 fully saturated rings. The molecule has 0 spiro atoms. The van der Waals surface area contributed by atoms with Crippen LogP contribution in [0.5, 0.6) is 0 Å². The molecular formula is C14H19BrN2O3. The zero-order valence-electron chi connectivity index (χ0n) is 12.0. The van der Waals surface area contributed by atoms with Gasteiger partial charge < -0.3 is 15.3 Å². The Hall–Kier alpha value is -1.14. The summed E-state index contributed by atoms with van der Waals surface area (Å²) in [5.74, 6) is -0.00666. The number of amides is 1. The minimum atomic E-state index is -1.01. The Morgan fingerprint density at radius 2 is 2.15 bits per heavy atom. The fourth-order valence-electron chi connectivity index (χ4n) is 2.88. The number of halogens is 1. The average Bonchev–Trinajstić information content (AvgIpc) is 2.66. The second-order valence-corrected chi connectivity index (χ2v) is 6.81. The molecule has 1 saturated heterocycles. The Labute approximate surface area is 126 Å². The summed E-state index contributed by atoms with van der Waals surface area (Å²) in [5, 5.41) is 13.0. The van der Waals surface area contributed by atoms with Crippen LogP contribution in [0.1, 0.15) is 27.7 Å². The van der Waals surface area contributed by atoms with Crippen molar-refractivity contribution in [1.29, 1.82) is 0 Å². The van der Waals surface area contributed by atoms with Crippen LogP contribution in [-0.2, 0) is 9.59 Å². The molecule has 0 aliphatic carbocycles. The molecule has 0 aromatic heterocycles. The van der Waals surface area contributed by atoms with Gasteiger partial charge in [-0.05, 0) is 27.7 Å². The lowest BCUT2D eigenvalue weighted by molar-refractivity contribution is -0.125. The Kier molecular flexibility index (Phi) is 3.81. The van der Waals surface area contributed by atoms with Crippen molar-refractivity contribution >= 4 is 27.6 Å². The number of aliphatic hydroxyl groups excluding tert-OH is 1. The predicted molar refractivity (Wildman–Crippen MR) is 79.1 cm³/mol. The van der Waals surface area contributed by atoms with Crippen LogP contribution < -0.4 is 5.32 Å². The number of carbonyl (C=O) groups is 2. The van der Waals surface area contributed by atoms with E-state index >= 15 is 0 Å². The summed E-state index contributed by atoms with van der Waals surface area (Å²) in [6, 6.07) is -0.0975. The maximum atomic E-state index is 12.2. The van der Waals surface area contributed by atoms with Crippen molar-refractivity contribution < 1.29 is 14.7 Å². The number of allylic oxidation sites excluding steroid dienone is 1. The zero-order valence-corrected chi connectivity index (χ0v) is 13.6. The molecule has 5 nitrogen and oxygen atoms in total. The topological polar surface area (TPSA) is 69.6 Å². The second kappa shape index (κ2) is 5.00. The predicted octanol–water partition coefficient (Wildman–Crippen LogP) is 1.08. The van der Waals surface area contributed by atoms with Crippen LogP contribution in [-0.4, -0.2) is 44.2 Å². The van der Waals surface area contributed by atoms with Gasteiger partial charge in [-0.3, -0.25) is 9.59 Å². The number of hydrogen-bond donors (Lipinski definition) is 2. The van der Waals surface area contributed by atoms with Crippen molar-refractivity contribution in [2.75, 3.05) is 0 Å². The first-order valence-electron chi connectivity index (χ1n) is 6.53. The first-order chi connectivity index (χ1) is 9.19. The summed E-state index contributed by atoms with van der Waals surface area (Å²) in [7, 11) is 0. The monoisotopic (exact) mass is 342 g/mol. The van der Waals surface area contributed by atoms with Crippen molar-refractivity contribution in [2.24, 2.45) is 0 Å². The van der Waals surface area contributed by atoms with Crippen LogP contribution in [0, 0.1) is 0 Å². The number of nitrogens with one attached hydrogen (secondary N) is 1. The number of rotatable bonds is 2. The van der Waals surface area contributed by atoms with E-state index in [4.69, 9.17) is 0 Å². The molecule has 0 bridgehead atoms. The summed E-state index contributed by atoms with van der Waals surface area (Å²) in [6.45, 7) is 7.27. The van der Waals surface area contributed by atoms with Crippen molar-refractivity contribution in [3.05, 3.63) is 23.5 Å². The third-order valence-electron chi connectivity index (χ3n) is 3.94. The van der Waals surface area contributed by atoms with E-state index in [2.05, 4.69) is 21.2 Å². The van der Waals surface area contributed by atoms with Crippen molar-refractivity contribution in [1.82, 2.24) is 10.2 Å². The molecule has 20 heavy (non-hydrogen) atoms. The summed E-state index contributed by atoms with van der Waals surface area (Å²) in [4.78, 5) is 25.6. The van der Waals surface area contributed by atoms with E-state index in [1.807, 2.05) is 20.8 Å². The molecule has 1 amide bonds. The molecule has 2 aliphatic heterocycles. The lowest BCUT2D eigenvalue weighted by Gasteiger charge is -2.34.